The first kappa shape index (κ1) is 14.7. The molecule has 2 aromatic carbocycles. The molecule has 23 heavy (non-hydrogen) atoms. The van der Waals surface area contributed by atoms with Crippen LogP contribution in [0.4, 0.5) is 0 Å². The molecule has 1 heteroatoms. The van der Waals surface area contributed by atoms with Crippen molar-refractivity contribution < 1.29 is 4.74 Å². The van der Waals surface area contributed by atoms with Crippen molar-refractivity contribution in [1.29, 1.82) is 0 Å². The van der Waals surface area contributed by atoms with Crippen molar-refractivity contribution in [3.05, 3.63) is 77.4 Å². The summed E-state index contributed by atoms with van der Waals surface area (Å²) >= 11 is 0. The number of hydrogen-bond donors (Lipinski definition) is 0. The van der Waals surface area contributed by atoms with Crippen molar-refractivity contribution in [1.82, 2.24) is 0 Å². The molecule has 2 aliphatic heterocycles. The van der Waals surface area contributed by atoms with Crippen LogP contribution in [0.1, 0.15) is 61.8 Å². The lowest BCUT2D eigenvalue weighted by Crippen LogP contribution is -2.26. The average molecular weight is 304 g/mol. The van der Waals surface area contributed by atoms with E-state index in [2.05, 4.69) is 67.6 Å². The fraction of sp³-hybridized carbons (Fsp3) is 0.364. The Labute approximate surface area is 139 Å². The van der Waals surface area contributed by atoms with E-state index >= 15 is 0 Å². The molecule has 2 bridgehead atoms. The van der Waals surface area contributed by atoms with E-state index in [1.54, 1.807) is 0 Å². The molecule has 0 radical (unpaired) electrons. The van der Waals surface area contributed by atoms with E-state index < -0.39 is 0 Å². The second-order valence-corrected chi connectivity index (χ2v) is 6.78. The molecule has 0 spiro atoms. The number of unbranched alkanes of at least 4 members (excludes halogenated alkanes) is 2. The van der Waals surface area contributed by atoms with Gasteiger partial charge >= 0.3 is 0 Å². The summed E-state index contributed by atoms with van der Waals surface area (Å²) in [5.41, 5.74) is 5.36. The predicted molar refractivity (Wildman–Crippen MR) is 95.1 cm³/mol. The molecular weight excluding hydrogens is 280 g/mol. The van der Waals surface area contributed by atoms with Crippen LogP contribution in [0.3, 0.4) is 0 Å². The standard InChI is InChI=1S/C22H24O/c1-2-3-9-14-22-16-18(17-10-5-4-6-11-17)15-21(23-22)19-12-7-8-13-20(19)22/h4-8,10-13,16,21H,2-3,9,14-15H2,1H3/t21-,22+/m0/s1. The summed E-state index contributed by atoms with van der Waals surface area (Å²) in [4.78, 5) is 0. The third-order valence-corrected chi connectivity index (χ3v) is 5.23. The normalized spacial score (nSPS) is 25.1. The molecule has 0 fully saturated rings. The first-order valence-corrected chi connectivity index (χ1v) is 8.87. The first-order chi connectivity index (χ1) is 11.3. The third kappa shape index (κ3) is 2.53. The highest BCUT2D eigenvalue weighted by Crippen LogP contribution is 2.54. The Balaban J connectivity index is 1.76. The van der Waals surface area contributed by atoms with Gasteiger partial charge in [-0.1, -0.05) is 74.4 Å². The number of hydrogen-bond acceptors (Lipinski definition) is 1. The van der Waals surface area contributed by atoms with Crippen molar-refractivity contribution in [2.24, 2.45) is 0 Å². The Hall–Kier alpha value is -1.86. The Morgan fingerprint density at radius 1 is 1.00 bits per heavy atom. The summed E-state index contributed by atoms with van der Waals surface area (Å²) in [5.74, 6) is 0. The zero-order valence-electron chi connectivity index (χ0n) is 13.8. The Kier molecular flexibility index (Phi) is 3.82. The van der Waals surface area contributed by atoms with E-state index in [1.807, 2.05) is 0 Å². The van der Waals surface area contributed by atoms with E-state index in [9.17, 15) is 0 Å². The zero-order valence-corrected chi connectivity index (χ0v) is 13.8. The molecule has 1 nitrogen and oxygen atoms in total. The van der Waals surface area contributed by atoms with Gasteiger partial charge in [0.25, 0.3) is 0 Å². The Morgan fingerprint density at radius 3 is 2.61 bits per heavy atom. The van der Waals surface area contributed by atoms with Crippen LogP contribution in [0.2, 0.25) is 0 Å². The minimum absolute atomic E-state index is 0.208. The molecule has 2 heterocycles. The Bertz CT molecular complexity index is 716. The first-order valence-electron chi connectivity index (χ1n) is 8.87. The van der Waals surface area contributed by atoms with Gasteiger partial charge in [0.1, 0.15) is 5.60 Å². The van der Waals surface area contributed by atoms with Gasteiger partial charge in [0.2, 0.25) is 0 Å². The quantitative estimate of drug-likeness (QED) is 0.614. The molecule has 0 aliphatic carbocycles. The highest BCUT2D eigenvalue weighted by Gasteiger charge is 2.46. The Morgan fingerprint density at radius 2 is 1.78 bits per heavy atom. The number of ether oxygens (including phenoxy) is 1. The predicted octanol–water partition coefficient (Wildman–Crippen LogP) is 6.02. The van der Waals surface area contributed by atoms with E-state index in [1.165, 1.54) is 41.5 Å². The lowest BCUT2D eigenvalue weighted by Gasteiger charge is -2.33. The molecule has 118 valence electrons. The highest BCUT2D eigenvalue weighted by atomic mass is 16.5. The van der Waals surface area contributed by atoms with Crippen molar-refractivity contribution in [3.63, 3.8) is 0 Å². The third-order valence-electron chi connectivity index (χ3n) is 5.23. The van der Waals surface area contributed by atoms with Crippen molar-refractivity contribution in [2.75, 3.05) is 0 Å². The average Bonchev–Trinajstić information content (AvgIpc) is 2.84. The summed E-state index contributed by atoms with van der Waals surface area (Å²) in [6.07, 6.45) is 8.44. The van der Waals surface area contributed by atoms with Crippen molar-refractivity contribution in [2.45, 2.75) is 50.7 Å². The van der Waals surface area contributed by atoms with Crippen LogP contribution in [-0.4, -0.2) is 0 Å². The van der Waals surface area contributed by atoms with Gasteiger partial charge in [-0.05, 0) is 41.2 Å². The van der Waals surface area contributed by atoms with Crippen LogP contribution < -0.4 is 0 Å². The van der Waals surface area contributed by atoms with Gasteiger partial charge < -0.3 is 4.74 Å². The van der Waals surface area contributed by atoms with Crippen LogP contribution in [-0.2, 0) is 10.3 Å². The molecule has 0 saturated carbocycles. The molecule has 2 atom stereocenters. The number of rotatable bonds is 5. The molecule has 0 amide bonds. The van der Waals surface area contributed by atoms with Crippen LogP contribution in [0, 0.1) is 0 Å². The van der Waals surface area contributed by atoms with Gasteiger partial charge in [0.15, 0.2) is 0 Å². The second-order valence-electron chi connectivity index (χ2n) is 6.78. The maximum Gasteiger partial charge on any atom is 0.113 e. The number of benzene rings is 2. The molecule has 4 rings (SSSR count). The number of fused-ring (bicyclic) bond motifs is 5. The van der Waals surface area contributed by atoms with Gasteiger partial charge in [-0.25, -0.2) is 0 Å². The highest BCUT2D eigenvalue weighted by molar-refractivity contribution is 5.70. The summed E-state index contributed by atoms with van der Waals surface area (Å²) in [6, 6.07) is 19.6. The SMILES string of the molecule is CCCCC[C@]12C=C(c3ccccc3)C[C@H](O1)c1ccccc12. The van der Waals surface area contributed by atoms with Gasteiger partial charge in [0.05, 0.1) is 6.10 Å². The van der Waals surface area contributed by atoms with Gasteiger partial charge in [-0.15, -0.1) is 0 Å². The van der Waals surface area contributed by atoms with Crippen LogP contribution in [0.5, 0.6) is 0 Å². The summed E-state index contributed by atoms with van der Waals surface area (Å²) in [5, 5.41) is 0. The maximum absolute atomic E-state index is 6.58. The van der Waals surface area contributed by atoms with Crippen molar-refractivity contribution in [3.8, 4) is 0 Å². The minimum atomic E-state index is -0.208. The van der Waals surface area contributed by atoms with Gasteiger partial charge in [-0.2, -0.15) is 0 Å². The molecular formula is C22H24O. The fourth-order valence-corrected chi connectivity index (χ4v) is 4.10. The smallest absolute Gasteiger partial charge is 0.113 e. The lowest BCUT2D eigenvalue weighted by atomic mass is 9.85. The molecule has 0 aromatic heterocycles. The van der Waals surface area contributed by atoms with Crippen molar-refractivity contribution >= 4 is 5.57 Å². The van der Waals surface area contributed by atoms with Crippen LogP contribution in [0.15, 0.2) is 60.7 Å². The van der Waals surface area contributed by atoms with Gasteiger partial charge in [0, 0.05) is 6.42 Å². The monoisotopic (exact) mass is 304 g/mol. The molecule has 0 saturated heterocycles. The summed E-state index contributed by atoms with van der Waals surface area (Å²) in [6.45, 7) is 2.26. The molecule has 2 aliphatic rings. The van der Waals surface area contributed by atoms with Gasteiger partial charge in [-0.3, -0.25) is 0 Å². The zero-order chi connectivity index (χ0) is 15.7. The summed E-state index contributed by atoms with van der Waals surface area (Å²) < 4.78 is 6.58. The fourth-order valence-electron chi connectivity index (χ4n) is 4.10. The second kappa shape index (κ2) is 5.98. The molecule has 2 aromatic rings. The van der Waals surface area contributed by atoms with E-state index in [4.69, 9.17) is 4.74 Å². The van der Waals surface area contributed by atoms with Crippen LogP contribution >= 0.6 is 0 Å². The maximum atomic E-state index is 6.58. The topological polar surface area (TPSA) is 9.23 Å². The summed E-state index contributed by atoms with van der Waals surface area (Å²) in [7, 11) is 0. The van der Waals surface area contributed by atoms with E-state index in [-0.39, 0.29) is 11.7 Å². The molecule has 0 unspecified atom stereocenters. The van der Waals surface area contributed by atoms with E-state index in [0.717, 1.165) is 12.8 Å². The van der Waals surface area contributed by atoms with E-state index in [0.29, 0.717) is 0 Å². The minimum Gasteiger partial charge on any atom is -0.358 e. The molecule has 0 N–H and O–H groups in total. The largest absolute Gasteiger partial charge is 0.358 e. The lowest BCUT2D eigenvalue weighted by molar-refractivity contribution is -0.0551. The van der Waals surface area contributed by atoms with Crippen LogP contribution in [0.25, 0.3) is 5.57 Å².